The minimum Gasteiger partial charge on any atom is -0.382 e. The molecule has 3 heteroatoms. The molecular formula is C21H23N3. The lowest BCUT2D eigenvalue weighted by molar-refractivity contribution is 0.661. The Morgan fingerprint density at radius 1 is 1.21 bits per heavy atom. The average Bonchev–Trinajstić information content (AvgIpc) is 3.31. The van der Waals surface area contributed by atoms with Crippen LogP contribution in [0.25, 0.3) is 10.9 Å². The summed E-state index contributed by atoms with van der Waals surface area (Å²) >= 11 is 0. The number of aromatic nitrogens is 2. The molecule has 2 heterocycles. The molecule has 0 bridgehead atoms. The zero-order chi connectivity index (χ0) is 16.7. The second-order valence-corrected chi connectivity index (χ2v) is 6.95. The molecule has 0 atom stereocenters. The van der Waals surface area contributed by atoms with Crippen LogP contribution in [0.5, 0.6) is 0 Å². The maximum absolute atomic E-state index is 4.53. The maximum Gasteiger partial charge on any atom is 0.0548 e. The molecule has 0 spiro atoms. The summed E-state index contributed by atoms with van der Waals surface area (Å²) in [5.74, 6) is 0. The summed E-state index contributed by atoms with van der Waals surface area (Å²) in [6, 6.07) is 12.8. The van der Waals surface area contributed by atoms with E-state index in [1.165, 1.54) is 27.7 Å². The summed E-state index contributed by atoms with van der Waals surface area (Å²) in [6.07, 6.45) is 4.12. The van der Waals surface area contributed by atoms with Crippen LogP contribution in [0, 0.1) is 13.8 Å². The van der Waals surface area contributed by atoms with Crippen molar-refractivity contribution in [3.63, 3.8) is 0 Å². The van der Waals surface area contributed by atoms with E-state index in [0.29, 0.717) is 0 Å². The first-order valence-corrected chi connectivity index (χ1v) is 8.52. The van der Waals surface area contributed by atoms with Crippen molar-refractivity contribution < 1.29 is 0 Å². The molecule has 0 unspecified atom stereocenters. The lowest BCUT2D eigenvalue weighted by Gasteiger charge is -2.19. The Bertz CT molecular complexity index is 862. The molecule has 2 N–H and O–H groups in total. The van der Waals surface area contributed by atoms with E-state index in [-0.39, 0.29) is 5.41 Å². The Hall–Kier alpha value is -2.55. The Morgan fingerprint density at radius 3 is 2.71 bits per heavy atom. The third kappa shape index (κ3) is 2.50. The first-order valence-electron chi connectivity index (χ1n) is 8.52. The molecule has 24 heavy (non-hydrogen) atoms. The fourth-order valence-electron chi connectivity index (χ4n) is 3.41. The molecule has 3 nitrogen and oxygen atoms in total. The number of aryl methyl sites for hydroxylation is 2. The quantitative estimate of drug-likeness (QED) is 0.726. The van der Waals surface area contributed by atoms with Crippen LogP contribution >= 0.6 is 0 Å². The molecule has 0 saturated heterocycles. The van der Waals surface area contributed by atoms with Gasteiger partial charge in [-0.3, -0.25) is 4.98 Å². The summed E-state index contributed by atoms with van der Waals surface area (Å²) in [5, 5.41) is 4.79. The molecule has 1 fully saturated rings. The first-order chi connectivity index (χ1) is 11.6. The van der Waals surface area contributed by atoms with Gasteiger partial charge in [0.15, 0.2) is 0 Å². The standard InChI is InChI=1S/C21H23N3/c1-14-10-17-12-18(24-19(17)11-15(14)2)13-23-16(3)21(7-8-21)20-6-4-5-9-22-20/h4-6,9-12,23-24H,3,7-8,13H2,1-2H3. The van der Waals surface area contributed by atoms with Gasteiger partial charge in [-0.2, -0.15) is 0 Å². The Morgan fingerprint density at radius 2 is 2.00 bits per heavy atom. The van der Waals surface area contributed by atoms with Crippen LogP contribution in [0.3, 0.4) is 0 Å². The highest BCUT2D eigenvalue weighted by atomic mass is 14.9. The van der Waals surface area contributed by atoms with Crippen molar-refractivity contribution in [2.45, 2.75) is 38.6 Å². The largest absolute Gasteiger partial charge is 0.382 e. The second-order valence-electron chi connectivity index (χ2n) is 6.95. The van der Waals surface area contributed by atoms with Crippen LogP contribution in [0.2, 0.25) is 0 Å². The molecule has 0 radical (unpaired) electrons. The minimum atomic E-state index is 0.0282. The highest BCUT2D eigenvalue weighted by molar-refractivity contribution is 5.82. The third-order valence-electron chi connectivity index (χ3n) is 5.27. The predicted octanol–water partition coefficient (Wildman–Crippen LogP) is 4.51. The molecule has 1 aliphatic rings. The molecule has 4 rings (SSSR count). The number of hydrogen-bond donors (Lipinski definition) is 2. The first kappa shape index (κ1) is 15.0. The van der Waals surface area contributed by atoms with E-state index in [9.17, 15) is 0 Å². The van der Waals surface area contributed by atoms with Gasteiger partial charge in [0.1, 0.15) is 0 Å². The predicted molar refractivity (Wildman–Crippen MR) is 98.9 cm³/mol. The van der Waals surface area contributed by atoms with Gasteiger partial charge in [0.05, 0.1) is 17.7 Å². The molecular weight excluding hydrogens is 294 g/mol. The lowest BCUT2D eigenvalue weighted by atomic mass is 9.98. The van der Waals surface area contributed by atoms with Gasteiger partial charge in [-0.1, -0.05) is 12.6 Å². The zero-order valence-corrected chi connectivity index (χ0v) is 14.3. The van der Waals surface area contributed by atoms with E-state index in [1.807, 2.05) is 12.3 Å². The van der Waals surface area contributed by atoms with Gasteiger partial charge in [-0.25, -0.2) is 0 Å². The molecule has 3 aromatic rings. The van der Waals surface area contributed by atoms with Gasteiger partial charge in [0.2, 0.25) is 0 Å². The number of nitrogens with zero attached hydrogens (tertiary/aromatic N) is 1. The molecule has 0 aliphatic heterocycles. The summed E-state index contributed by atoms with van der Waals surface area (Å²) in [7, 11) is 0. The van der Waals surface area contributed by atoms with Crippen molar-refractivity contribution in [2.24, 2.45) is 0 Å². The topological polar surface area (TPSA) is 40.7 Å². The summed E-state index contributed by atoms with van der Waals surface area (Å²) in [5.41, 5.74) is 7.27. The number of allylic oxidation sites excluding steroid dienone is 1. The number of rotatable bonds is 5. The lowest BCUT2D eigenvalue weighted by Crippen LogP contribution is -2.24. The van der Waals surface area contributed by atoms with E-state index < -0.39 is 0 Å². The van der Waals surface area contributed by atoms with Gasteiger partial charge in [-0.05, 0) is 73.5 Å². The van der Waals surface area contributed by atoms with Crippen molar-refractivity contribution in [3.8, 4) is 0 Å². The number of nitrogens with one attached hydrogen (secondary N) is 2. The summed E-state index contributed by atoms with van der Waals surface area (Å²) in [4.78, 5) is 8.05. The number of fused-ring (bicyclic) bond motifs is 1. The second kappa shape index (κ2) is 5.52. The smallest absolute Gasteiger partial charge is 0.0548 e. The van der Waals surface area contributed by atoms with Gasteiger partial charge in [-0.15, -0.1) is 0 Å². The van der Waals surface area contributed by atoms with Gasteiger partial charge < -0.3 is 10.3 Å². The van der Waals surface area contributed by atoms with Crippen LogP contribution in [-0.2, 0) is 12.0 Å². The molecule has 1 aromatic carbocycles. The fourth-order valence-corrected chi connectivity index (χ4v) is 3.41. The van der Waals surface area contributed by atoms with Crippen LogP contribution in [0.4, 0.5) is 0 Å². The van der Waals surface area contributed by atoms with E-state index in [1.54, 1.807) is 0 Å². The van der Waals surface area contributed by atoms with Crippen LogP contribution in [0.15, 0.2) is 54.9 Å². The van der Waals surface area contributed by atoms with Crippen molar-refractivity contribution in [1.29, 1.82) is 0 Å². The molecule has 0 amide bonds. The molecule has 2 aromatic heterocycles. The highest BCUT2D eigenvalue weighted by Gasteiger charge is 2.48. The van der Waals surface area contributed by atoms with E-state index in [2.05, 4.69) is 66.0 Å². The third-order valence-corrected chi connectivity index (χ3v) is 5.27. The Balaban J connectivity index is 1.50. The number of benzene rings is 1. The van der Waals surface area contributed by atoms with Gasteiger partial charge in [0.25, 0.3) is 0 Å². The SMILES string of the molecule is C=C(NCc1cc2cc(C)c(C)cc2[nH]1)C1(c2ccccn2)CC1. The van der Waals surface area contributed by atoms with Crippen LogP contribution in [0.1, 0.15) is 35.4 Å². The number of hydrogen-bond acceptors (Lipinski definition) is 2. The van der Waals surface area contributed by atoms with E-state index >= 15 is 0 Å². The number of H-pyrrole nitrogens is 1. The maximum atomic E-state index is 4.53. The molecule has 1 aliphatic carbocycles. The van der Waals surface area contributed by atoms with Crippen molar-refractivity contribution >= 4 is 10.9 Å². The number of pyridine rings is 1. The Kier molecular flexibility index (Phi) is 3.45. The highest BCUT2D eigenvalue weighted by Crippen LogP contribution is 2.51. The fraction of sp³-hybridized carbons (Fsp3) is 0.286. The van der Waals surface area contributed by atoms with Crippen molar-refractivity contribution in [3.05, 3.63) is 77.4 Å². The van der Waals surface area contributed by atoms with Gasteiger partial charge in [0, 0.05) is 23.1 Å². The van der Waals surface area contributed by atoms with Crippen LogP contribution in [-0.4, -0.2) is 9.97 Å². The normalized spacial score (nSPS) is 15.4. The summed E-state index contributed by atoms with van der Waals surface area (Å²) in [6.45, 7) is 9.37. The van der Waals surface area contributed by atoms with Crippen LogP contribution < -0.4 is 5.32 Å². The zero-order valence-electron chi connectivity index (χ0n) is 14.3. The monoisotopic (exact) mass is 317 g/mol. The average molecular weight is 317 g/mol. The Labute approximate surface area is 142 Å². The minimum absolute atomic E-state index is 0.0282. The number of aromatic amines is 1. The molecule has 122 valence electrons. The van der Waals surface area contributed by atoms with E-state index in [4.69, 9.17) is 0 Å². The van der Waals surface area contributed by atoms with Crippen molar-refractivity contribution in [1.82, 2.24) is 15.3 Å². The van der Waals surface area contributed by atoms with E-state index in [0.717, 1.165) is 30.8 Å². The van der Waals surface area contributed by atoms with Gasteiger partial charge >= 0.3 is 0 Å². The summed E-state index contributed by atoms with van der Waals surface area (Å²) < 4.78 is 0. The van der Waals surface area contributed by atoms with Crippen molar-refractivity contribution in [2.75, 3.05) is 0 Å². The molecule has 1 saturated carbocycles.